The Morgan fingerprint density at radius 1 is 1.40 bits per heavy atom. The number of hydrogen-bond acceptors (Lipinski definition) is 3. The summed E-state index contributed by atoms with van der Waals surface area (Å²) in [6, 6.07) is 2.88. The highest BCUT2D eigenvalue weighted by Gasteiger charge is 2.25. The normalized spacial score (nSPS) is 15.9. The lowest BCUT2D eigenvalue weighted by Gasteiger charge is -2.26. The largest absolute Gasteiger partial charge is 0.335 e. The van der Waals surface area contributed by atoms with Crippen molar-refractivity contribution in [1.29, 1.82) is 0 Å². The van der Waals surface area contributed by atoms with E-state index < -0.39 is 20.8 Å². The molecule has 0 radical (unpaired) electrons. The van der Waals surface area contributed by atoms with Crippen LogP contribution in [0.25, 0.3) is 0 Å². The van der Waals surface area contributed by atoms with E-state index in [1.165, 1.54) is 10.5 Å². The lowest BCUT2D eigenvalue weighted by molar-refractivity contribution is 0.0764. The number of halogens is 2. The lowest BCUT2D eigenvalue weighted by atomic mass is 10.1. The van der Waals surface area contributed by atoms with Gasteiger partial charge in [0, 0.05) is 23.8 Å². The van der Waals surface area contributed by atoms with E-state index in [9.17, 15) is 17.6 Å². The number of amides is 1. The number of nitrogens with zero attached hydrogens (tertiary/aromatic N) is 1. The van der Waals surface area contributed by atoms with Crippen molar-refractivity contribution in [1.82, 2.24) is 4.90 Å². The molecule has 0 spiro atoms. The molecule has 0 N–H and O–H groups in total. The van der Waals surface area contributed by atoms with Gasteiger partial charge in [0.2, 0.25) is 0 Å². The van der Waals surface area contributed by atoms with Crippen molar-refractivity contribution < 1.29 is 17.6 Å². The van der Waals surface area contributed by atoms with E-state index in [1.807, 2.05) is 13.0 Å². The van der Waals surface area contributed by atoms with Crippen LogP contribution in [0.15, 0.2) is 34.7 Å². The van der Waals surface area contributed by atoms with Crippen LogP contribution in [-0.4, -0.2) is 32.3 Å². The fourth-order valence-electron chi connectivity index (χ4n) is 2.01. The number of benzene rings is 1. The summed E-state index contributed by atoms with van der Waals surface area (Å²) in [6.07, 6.45) is 2.60. The highest BCUT2D eigenvalue weighted by molar-refractivity contribution is 8.13. The van der Waals surface area contributed by atoms with Crippen LogP contribution in [0.4, 0.5) is 4.39 Å². The summed E-state index contributed by atoms with van der Waals surface area (Å²) < 4.78 is 36.2. The van der Waals surface area contributed by atoms with Crippen LogP contribution < -0.4 is 0 Å². The molecule has 4 nitrogen and oxygen atoms in total. The second kappa shape index (κ2) is 5.54. The molecule has 0 fully saturated rings. The number of carbonyl (C=O) groups excluding carboxylic acids is 1. The average molecular weight is 318 g/mol. The number of hydrogen-bond donors (Lipinski definition) is 0. The maximum absolute atomic E-state index is 13.3. The van der Waals surface area contributed by atoms with Crippen molar-refractivity contribution in [2.24, 2.45) is 0 Å². The molecule has 0 saturated heterocycles. The van der Waals surface area contributed by atoms with Gasteiger partial charge in [0.25, 0.3) is 15.0 Å². The van der Waals surface area contributed by atoms with Gasteiger partial charge in [0.15, 0.2) is 0 Å². The molecule has 0 bridgehead atoms. The van der Waals surface area contributed by atoms with Crippen molar-refractivity contribution >= 4 is 25.6 Å². The van der Waals surface area contributed by atoms with Gasteiger partial charge >= 0.3 is 0 Å². The van der Waals surface area contributed by atoms with Crippen LogP contribution in [0.1, 0.15) is 23.7 Å². The van der Waals surface area contributed by atoms with Gasteiger partial charge < -0.3 is 4.90 Å². The lowest BCUT2D eigenvalue weighted by Crippen LogP contribution is -2.35. The number of carbonyl (C=O) groups is 1. The summed E-state index contributed by atoms with van der Waals surface area (Å²) >= 11 is 0. The molecular formula is C13H13ClFNO3S. The fraction of sp³-hybridized carbons (Fsp3) is 0.308. The Balaban J connectivity index is 2.42. The summed E-state index contributed by atoms with van der Waals surface area (Å²) in [7, 11) is 1.19. The first-order chi connectivity index (χ1) is 9.29. The average Bonchev–Trinajstić information content (AvgIpc) is 2.37. The first-order valence-electron chi connectivity index (χ1n) is 5.98. The molecule has 1 aromatic rings. The molecule has 108 valence electrons. The molecular weight excluding hydrogens is 305 g/mol. The topological polar surface area (TPSA) is 54.5 Å². The zero-order valence-electron chi connectivity index (χ0n) is 10.8. The molecule has 20 heavy (non-hydrogen) atoms. The minimum absolute atomic E-state index is 0.229. The smallest absolute Gasteiger partial charge is 0.262 e. The van der Waals surface area contributed by atoms with E-state index in [1.54, 1.807) is 0 Å². The minimum Gasteiger partial charge on any atom is -0.335 e. The molecule has 1 aliphatic rings. The summed E-state index contributed by atoms with van der Waals surface area (Å²) in [5.41, 5.74) is 0.937. The molecule has 2 rings (SSSR count). The first kappa shape index (κ1) is 15.0. The van der Waals surface area contributed by atoms with Gasteiger partial charge in [-0.05, 0) is 31.5 Å². The minimum atomic E-state index is -4.10. The van der Waals surface area contributed by atoms with Crippen molar-refractivity contribution in [3.8, 4) is 0 Å². The van der Waals surface area contributed by atoms with Crippen LogP contribution in [-0.2, 0) is 9.05 Å². The molecule has 0 aromatic heterocycles. The third kappa shape index (κ3) is 3.19. The van der Waals surface area contributed by atoms with Gasteiger partial charge in [-0.3, -0.25) is 4.79 Å². The van der Waals surface area contributed by atoms with Crippen LogP contribution in [0.3, 0.4) is 0 Å². The summed E-state index contributed by atoms with van der Waals surface area (Å²) in [5.74, 6) is -1.21. The Kier molecular flexibility index (Phi) is 4.15. The highest BCUT2D eigenvalue weighted by atomic mass is 35.7. The van der Waals surface area contributed by atoms with Crippen molar-refractivity contribution in [3.05, 3.63) is 41.2 Å². The van der Waals surface area contributed by atoms with Crippen LogP contribution in [0.5, 0.6) is 0 Å². The highest BCUT2D eigenvalue weighted by Crippen LogP contribution is 2.23. The molecule has 0 atom stereocenters. The predicted octanol–water partition coefficient (Wildman–Crippen LogP) is 2.55. The Morgan fingerprint density at radius 2 is 2.10 bits per heavy atom. The van der Waals surface area contributed by atoms with Crippen LogP contribution >= 0.6 is 10.7 Å². The number of rotatable bonds is 2. The monoisotopic (exact) mass is 317 g/mol. The van der Waals surface area contributed by atoms with Crippen LogP contribution in [0.2, 0.25) is 0 Å². The second-order valence-corrected chi connectivity index (χ2v) is 7.16. The zero-order valence-corrected chi connectivity index (χ0v) is 12.3. The standard InChI is InChI=1S/C13H13ClFNO3S/c1-9-4-6-16(7-5-9)13(17)11-8-10(15)2-3-12(11)20(14,18)19/h2-4,8H,5-7H2,1H3. The molecule has 0 aliphatic carbocycles. The van der Waals surface area contributed by atoms with Gasteiger partial charge in [-0.1, -0.05) is 11.6 Å². The fourth-order valence-corrected chi connectivity index (χ4v) is 3.05. The molecule has 1 amide bonds. The summed E-state index contributed by atoms with van der Waals surface area (Å²) in [4.78, 5) is 13.4. The summed E-state index contributed by atoms with van der Waals surface area (Å²) in [6.45, 7) is 2.81. The van der Waals surface area contributed by atoms with Gasteiger partial charge in [-0.2, -0.15) is 0 Å². The molecule has 1 aliphatic heterocycles. The maximum Gasteiger partial charge on any atom is 0.262 e. The van der Waals surface area contributed by atoms with E-state index in [0.717, 1.165) is 18.2 Å². The van der Waals surface area contributed by atoms with Gasteiger partial charge in [-0.25, -0.2) is 12.8 Å². The van der Waals surface area contributed by atoms with E-state index in [-0.39, 0.29) is 10.5 Å². The van der Waals surface area contributed by atoms with Crippen LogP contribution in [0, 0.1) is 5.82 Å². The van der Waals surface area contributed by atoms with Gasteiger partial charge in [0.1, 0.15) is 5.82 Å². The summed E-state index contributed by atoms with van der Waals surface area (Å²) in [5, 5.41) is 0. The van der Waals surface area contributed by atoms with E-state index in [2.05, 4.69) is 0 Å². The molecule has 7 heteroatoms. The quantitative estimate of drug-likeness (QED) is 0.622. The van der Waals surface area contributed by atoms with Gasteiger partial charge in [0.05, 0.1) is 10.5 Å². The van der Waals surface area contributed by atoms with E-state index in [4.69, 9.17) is 10.7 Å². The Labute approximate surface area is 121 Å². The van der Waals surface area contributed by atoms with E-state index in [0.29, 0.717) is 19.5 Å². The Hall–Kier alpha value is -1.40. The van der Waals surface area contributed by atoms with E-state index >= 15 is 0 Å². The Bertz CT molecular complexity index is 685. The maximum atomic E-state index is 13.3. The predicted molar refractivity (Wildman–Crippen MR) is 73.7 cm³/mol. The SMILES string of the molecule is CC1=CCN(C(=O)c2cc(F)ccc2S(=O)(=O)Cl)CC1. The Morgan fingerprint density at radius 3 is 2.65 bits per heavy atom. The van der Waals surface area contributed by atoms with Crippen molar-refractivity contribution in [2.45, 2.75) is 18.2 Å². The van der Waals surface area contributed by atoms with Crippen molar-refractivity contribution in [3.63, 3.8) is 0 Å². The third-order valence-electron chi connectivity index (χ3n) is 3.16. The first-order valence-corrected chi connectivity index (χ1v) is 8.29. The van der Waals surface area contributed by atoms with Crippen molar-refractivity contribution in [2.75, 3.05) is 13.1 Å². The molecule has 0 unspecified atom stereocenters. The zero-order chi connectivity index (χ0) is 14.9. The molecule has 0 saturated carbocycles. The molecule has 1 heterocycles. The molecule has 1 aromatic carbocycles. The second-order valence-electron chi connectivity index (χ2n) is 4.63. The third-order valence-corrected chi connectivity index (χ3v) is 4.54. The van der Waals surface area contributed by atoms with Gasteiger partial charge in [-0.15, -0.1) is 0 Å².